The molecule has 1 saturated heterocycles. The lowest BCUT2D eigenvalue weighted by Crippen LogP contribution is -2.43. The lowest BCUT2D eigenvalue weighted by atomic mass is 9.85. The Hall–Kier alpha value is -3.89. The Morgan fingerprint density at radius 1 is 1.00 bits per heavy atom. The van der Waals surface area contributed by atoms with E-state index in [-0.39, 0.29) is 17.8 Å². The number of nitrogens with zero attached hydrogens (tertiary/aromatic N) is 5. The third kappa shape index (κ3) is 5.61. The number of allylic oxidation sites excluding steroid dienone is 2. The van der Waals surface area contributed by atoms with Gasteiger partial charge in [0.1, 0.15) is 11.9 Å². The Kier molecular flexibility index (Phi) is 7.44. The Labute approximate surface area is 241 Å². The first kappa shape index (κ1) is 28.2. The second-order valence-electron chi connectivity index (χ2n) is 11.3. The van der Waals surface area contributed by atoms with Crippen LogP contribution in [-0.4, -0.2) is 63.6 Å². The zero-order chi connectivity index (χ0) is 29.6. The molecule has 4 heterocycles. The summed E-state index contributed by atoms with van der Waals surface area (Å²) in [6, 6.07) is 11.7. The molecule has 1 unspecified atom stereocenters. The number of hydrogen-bond donors (Lipinski definition) is 0. The van der Waals surface area contributed by atoms with E-state index in [1.807, 2.05) is 37.3 Å². The largest absolute Gasteiger partial charge is 0.419 e. The van der Waals surface area contributed by atoms with E-state index in [0.29, 0.717) is 18.5 Å². The molecule has 6 rings (SSSR count). The standard InChI is InChI=1S/C32H31F4N5O/c1-20-13-26-17-25(19-40-11-9-39(2)10-12-40)38-41(26)31(23-5-6-27(28(33)16-23)32(34,35)36)30(20)29(42)15-21-3-4-24-18-37-8-7-22(24)14-21/h3-8,14,16-18,31H,9-13,15,19H2,1-2H3. The van der Waals surface area contributed by atoms with Crippen LogP contribution in [-0.2, 0) is 30.4 Å². The number of hydrogen-bond acceptors (Lipinski definition) is 5. The fourth-order valence-electron chi connectivity index (χ4n) is 6.03. The molecule has 218 valence electrons. The first-order valence-corrected chi connectivity index (χ1v) is 14.0. The van der Waals surface area contributed by atoms with Crippen LogP contribution in [0.2, 0.25) is 0 Å². The summed E-state index contributed by atoms with van der Waals surface area (Å²) >= 11 is 0. The molecule has 0 N–H and O–H groups in total. The molecular formula is C32H31F4N5O. The van der Waals surface area contributed by atoms with Gasteiger partial charge in [-0.1, -0.05) is 29.8 Å². The molecule has 10 heteroatoms. The van der Waals surface area contributed by atoms with Gasteiger partial charge >= 0.3 is 6.18 Å². The number of Topliss-reactive ketones (excluding diaryl/α,β-unsaturated/α-hetero) is 1. The highest BCUT2D eigenvalue weighted by atomic mass is 19.4. The number of carbonyl (C=O) groups is 1. The number of alkyl halides is 3. The molecule has 0 saturated carbocycles. The quantitative estimate of drug-likeness (QED) is 0.279. The summed E-state index contributed by atoms with van der Waals surface area (Å²) < 4.78 is 56.8. The first-order valence-electron chi connectivity index (χ1n) is 14.0. The third-order valence-corrected chi connectivity index (χ3v) is 8.25. The average molecular weight is 578 g/mol. The Morgan fingerprint density at radius 3 is 2.52 bits per heavy atom. The van der Waals surface area contributed by atoms with E-state index in [4.69, 9.17) is 5.10 Å². The summed E-state index contributed by atoms with van der Waals surface area (Å²) in [5.74, 6) is -1.54. The number of likely N-dealkylation sites (N-methyl/N-ethyl adjacent to an activating group) is 1. The van der Waals surface area contributed by atoms with Gasteiger partial charge in [0.15, 0.2) is 5.78 Å². The molecule has 2 aliphatic heterocycles. The SMILES string of the molecule is CC1=C(C(=O)Cc2ccc3cnccc3c2)C(c2ccc(C(F)(F)F)c(F)c2)n2nc(CN3CCN(C)CC3)cc2C1. The van der Waals surface area contributed by atoms with E-state index < -0.39 is 23.6 Å². The highest BCUT2D eigenvalue weighted by Gasteiger charge is 2.37. The number of ketones is 1. The number of rotatable bonds is 6. The molecule has 0 aliphatic carbocycles. The lowest BCUT2D eigenvalue weighted by molar-refractivity contribution is -0.140. The number of benzene rings is 2. The van der Waals surface area contributed by atoms with Crippen molar-refractivity contribution in [3.63, 3.8) is 0 Å². The summed E-state index contributed by atoms with van der Waals surface area (Å²) in [7, 11) is 2.09. The van der Waals surface area contributed by atoms with Gasteiger partial charge in [-0.15, -0.1) is 0 Å². The maximum absolute atomic E-state index is 14.9. The number of halogens is 4. The van der Waals surface area contributed by atoms with E-state index in [0.717, 1.165) is 71.6 Å². The van der Waals surface area contributed by atoms with Crippen LogP contribution >= 0.6 is 0 Å². The minimum absolute atomic E-state index is 0.0926. The molecule has 1 atom stereocenters. The van der Waals surface area contributed by atoms with Gasteiger partial charge in [-0.25, -0.2) is 4.39 Å². The fourth-order valence-corrected chi connectivity index (χ4v) is 6.03. The van der Waals surface area contributed by atoms with Crippen molar-refractivity contribution in [2.75, 3.05) is 33.2 Å². The number of fused-ring (bicyclic) bond motifs is 2. The smallest absolute Gasteiger partial charge is 0.304 e. The molecular weight excluding hydrogens is 546 g/mol. The van der Waals surface area contributed by atoms with Gasteiger partial charge in [0.05, 0.1) is 11.3 Å². The van der Waals surface area contributed by atoms with Crippen LogP contribution in [0.3, 0.4) is 0 Å². The van der Waals surface area contributed by atoms with Crippen molar-refractivity contribution in [2.24, 2.45) is 0 Å². The average Bonchev–Trinajstić information content (AvgIpc) is 3.34. The molecule has 2 aliphatic rings. The van der Waals surface area contributed by atoms with E-state index >= 15 is 0 Å². The number of piperazine rings is 1. The Bertz CT molecular complexity index is 1680. The summed E-state index contributed by atoms with van der Waals surface area (Å²) in [6.45, 7) is 6.18. The van der Waals surface area contributed by atoms with Crippen molar-refractivity contribution in [1.82, 2.24) is 24.6 Å². The van der Waals surface area contributed by atoms with Crippen LogP contribution in [0.5, 0.6) is 0 Å². The van der Waals surface area contributed by atoms with Gasteiger partial charge in [-0.2, -0.15) is 18.3 Å². The number of pyridine rings is 1. The molecule has 2 aromatic heterocycles. The molecule has 0 radical (unpaired) electrons. The zero-order valence-corrected chi connectivity index (χ0v) is 23.5. The Balaban J connectivity index is 1.37. The van der Waals surface area contributed by atoms with E-state index in [9.17, 15) is 22.4 Å². The number of aromatic nitrogens is 3. The normalized spacial score (nSPS) is 18.5. The number of carbonyl (C=O) groups excluding carboxylic acids is 1. The van der Waals surface area contributed by atoms with E-state index in [2.05, 4.69) is 21.8 Å². The van der Waals surface area contributed by atoms with E-state index in [1.165, 1.54) is 6.07 Å². The van der Waals surface area contributed by atoms with Crippen LogP contribution in [0.4, 0.5) is 17.6 Å². The maximum Gasteiger partial charge on any atom is 0.419 e. The van der Waals surface area contributed by atoms with Gasteiger partial charge < -0.3 is 4.90 Å². The summed E-state index contributed by atoms with van der Waals surface area (Å²) in [4.78, 5) is 22.7. The van der Waals surface area contributed by atoms with Crippen LogP contribution in [0.15, 0.2) is 72.1 Å². The van der Waals surface area contributed by atoms with Crippen molar-refractivity contribution in [1.29, 1.82) is 0 Å². The van der Waals surface area contributed by atoms with Crippen LogP contribution in [0, 0.1) is 5.82 Å². The molecule has 42 heavy (non-hydrogen) atoms. The predicted octanol–water partition coefficient (Wildman–Crippen LogP) is 5.61. The van der Waals surface area contributed by atoms with Crippen molar-refractivity contribution in [3.8, 4) is 0 Å². The highest BCUT2D eigenvalue weighted by molar-refractivity contribution is 5.99. The zero-order valence-electron chi connectivity index (χ0n) is 23.5. The molecule has 0 bridgehead atoms. The molecule has 2 aromatic carbocycles. The topological polar surface area (TPSA) is 54.3 Å². The van der Waals surface area contributed by atoms with Crippen LogP contribution in [0.25, 0.3) is 10.8 Å². The third-order valence-electron chi connectivity index (χ3n) is 8.25. The van der Waals surface area contributed by atoms with Gasteiger partial charge in [0.25, 0.3) is 0 Å². The van der Waals surface area contributed by atoms with E-state index in [1.54, 1.807) is 17.1 Å². The van der Waals surface area contributed by atoms with Crippen molar-refractivity contribution in [3.05, 3.63) is 106 Å². The first-order chi connectivity index (χ1) is 20.1. The second-order valence-corrected chi connectivity index (χ2v) is 11.3. The Morgan fingerprint density at radius 2 is 1.79 bits per heavy atom. The monoisotopic (exact) mass is 577 g/mol. The lowest BCUT2D eigenvalue weighted by Gasteiger charge is -2.31. The maximum atomic E-state index is 14.9. The predicted molar refractivity (Wildman–Crippen MR) is 151 cm³/mol. The van der Waals surface area contributed by atoms with Crippen LogP contribution < -0.4 is 0 Å². The fraction of sp³-hybridized carbons (Fsp3) is 0.344. The van der Waals surface area contributed by atoms with Gasteiger partial charge in [0, 0.05) is 74.6 Å². The molecule has 1 fully saturated rings. The minimum atomic E-state index is -4.82. The molecule has 0 spiro atoms. The van der Waals surface area contributed by atoms with Crippen LogP contribution in [0.1, 0.15) is 41.0 Å². The van der Waals surface area contributed by atoms with Crippen molar-refractivity contribution < 1.29 is 22.4 Å². The highest BCUT2D eigenvalue weighted by Crippen LogP contribution is 2.39. The summed E-state index contributed by atoms with van der Waals surface area (Å²) in [5.41, 5.74) is 2.62. The minimum Gasteiger partial charge on any atom is -0.304 e. The molecule has 0 amide bonds. The van der Waals surface area contributed by atoms with Gasteiger partial charge in [-0.05, 0) is 54.8 Å². The second kappa shape index (κ2) is 11.1. The summed E-state index contributed by atoms with van der Waals surface area (Å²) in [5, 5.41) is 6.77. The summed E-state index contributed by atoms with van der Waals surface area (Å²) in [6.07, 6.45) is -0.814. The molecule has 6 nitrogen and oxygen atoms in total. The molecule has 4 aromatic rings. The van der Waals surface area contributed by atoms with Crippen molar-refractivity contribution >= 4 is 16.6 Å². The van der Waals surface area contributed by atoms with Crippen molar-refractivity contribution in [2.45, 2.75) is 38.5 Å². The van der Waals surface area contributed by atoms with Gasteiger partial charge in [0.2, 0.25) is 0 Å². The van der Waals surface area contributed by atoms with Gasteiger partial charge in [-0.3, -0.25) is 19.4 Å².